The van der Waals surface area contributed by atoms with Gasteiger partial charge in [0.05, 0.1) is 5.69 Å². The molecule has 108 valence electrons. The van der Waals surface area contributed by atoms with E-state index in [1.54, 1.807) is 16.7 Å². The molecule has 0 spiro atoms. The van der Waals surface area contributed by atoms with E-state index in [0.29, 0.717) is 6.54 Å². The first-order valence-electron chi connectivity index (χ1n) is 6.21. The first kappa shape index (κ1) is 14.5. The van der Waals surface area contributed by atoms with Gasteiger partial charge < -0.3 is 20.4 Å². The molecule has 1 saturated heterocycles. The van der Waals surface area contributed by atoms with Gasteiger partial charge >= 0.3 is 12.0 Å². The van der Waals surface area contributed by atoms with E-state index in [0.717, 1.165) is 11.5 Å². The Morgan fingerprint density at radius 2 is 2.20 bits per heavy atom. The van der Waals surface area contributed by atoms with Crippen LogP contribution in [-0.4, -0.2) is 51.2 Å². The van der Waals surface area contributed by atoms with E-state index >= 15 is 0 Å². The molecule has 7 heteroatoms. The normalized spacial score (nSPS) is 18.6. The van der Waals surface area contributed by atoms with Gasteiger partial charge in [0, 0.05) is 24.1 Å². The van der Waals surface area contributed by atoms with Crippen molar-refractivity contribution in [3.63, 3.8) is 0 Å². The SMILES string of the molecule is CC1CSCCN1C(=O)Nc1cccc(C(=O)O)c1O. The molecule has 3 N–H and O–H groups in total. The van der Waals surface area contributed by atoms with Crippen LogP contribution in [0, 0.1) is 0 Å². The van der Waals surface area contributed by atoms with E-state index in [1.807, 2.05) is 6.92 Å². The molecule has 0 aliphatic carbocycles. The molecule has 0 aromatic heterocycles. The van der Waals surface area contributed by atoms with Crippen LogP contribution in [0.3, 0.4) is 0 Å². The number of nitrogens with one attached hydrogen (secondary N) is 1. The third-order valence-corrected chi connectivity index (χ3v) is 4.33. The molecule has 1 aromatic rings. The maximum atomic E-state index is 12.2. The van der Waals surface area contributed by atoms with Crippen molar-refractivity contribution in [1.29, 1.82) is 0 Å². The van der Waals surface area contributed by atoms with Crippen molar-refractivity contribution in [2.75, 3.05) is 23.4 Å². The fraction of sp³-hybridized carbons (Fsp3) is 0.385. The number of hydrogen-bond donors (Lipinski definition) is 3. The first-order chi connectivity index (χ1) is 9.50. The number of carbonyl (C=O) groups is 2. The number of aromatic carboxylic acids is 1. The minimum atomic E-state index is -1.23. The molecule has 1 aromatic carbocycles. The summed E-state index contributed by atoms with van der Waals surface area (Å²) in [5.74, 6) is 0.0849. The molecule has 0 radical (unpaired) electrons. The fourth-order valence-electron chi connectivity index (χ4n) is 2.03. The van der Waals surface area contributed by atoms with Crippen molar-refractivity contribution in [2.24, 2.45) is 0 Å². The van der Waals surface area contributed by atoms with Gasteiger partial charge in [-0.2, -0.15) is 11.8 Å². The van der Waals surface area contributed by atoms with Crippen molar-refractivity contribution in [2.45, 2.75) is 13.0 Å². The monoisotopic (exact) mass is 296 g/mol. The molecule has 1 unspecified atom stereocenters. The lowest BCUT2D eigenvalue weighted by atomic mass is 10.1. The maximum absolute atomic E-state index is 12.2. The predicted octanol–water partition coefficient (Wildman–Crippen LogP) is 2.06. The van der Waals surface area contributed by atoms with E-state index in [-0.39, 0.29) is 23.3 Å². The molecule has 1 aliphatic rings. The summed E-state index contributed by atoms with van der Waals surface area (Å²) in [5, 5.41) is 21.4. The van der Waals surface area contributed by atoms with Gasteiger partial charge in [0.15, 0.2) is 5.75 Å². The molecule has 20 heavy (non-hydrogen) atoms. The lowest BCUT2D eigenvalue weighted by Crippen LogP contribution is -2.46. The van der Waals surface area contributed by atoms with Gasteiger partial charge in [0.1, 0.15) is 5.56 Å². The van der Waals surface area contributed by atoms with Crippen LogP contribution < -0.4 is 5.32 Å². The predicted molar refractivity (Wildman–Crippen MR) is 77.6 cm³/mol. The molecule has 1 aliphatic heterocycles. The quantitative estimate of drug-likeness (QED) is 0.727. The average molecular weight is 296 g/mol. The zero-order valence-electron chi connectivity index (χ0n) is 11.0. The Bertz CT molecular complexity index is 535. The summed E-state index contributed by atoms with van der Waals surface area (Å²) in [5.41, 5.74) is -0.120. The van der Waals surface area contributed by atoms with Crippen LogP contribution in [0.1, 0.15) is 17.3 Å². The van der Waals surface area contributed by atoms with Gasteiger partial charge in [-0.15, -0.1) is 0 Å². The number of carboxylic acid groups (broad SMARTS) is 1. The Morgan fingerprint density at radius 3 is 2.85 bits per heavy atom. The van der Waals surface area contributed by atoms with Gasteiger partial charge in [-0.25, -0.2) is 9.59 Å². The van der Waals surface area contributed by atoms with Crippen LogP contribution in [0.2, 0.25) is 0 Å². The largest absolute Gasteiger partial charge is 0.505 e. The fourth-order valence-corrected chi connectivity index (χ4v) is 3.05. The summed E-state index contributed by atoms with van der Waals surface area (Å²) in [6.07, 6.45) is 0. The van der Waals surface area contributed by atoms with Gasteiger partial charge in [-0.05, 0) is 19.1 Å². The van der Waals surface area contributed by atoms with Crippen molar-refractivity contribution in [3.05, 3.63) is 23.8 Å². The number of aromatic hydroxyl groups is 1. The number of rotatable bonds is 2. The zero-order valence-corrected chi connectivity index (χ0v) is 11.8. The van der Waals surface area contributed by atoms with Crippen LogP contribution in [0.4, 0.5) is 10.5 Å². The number of amides is 2. The molecule has 1 fully saturated rings. The van der Waals surface area contributed by atoms with E-state index in [9.17, 15) is 14.7 Å². The van der Waals surface area contributed by atoms with Gasteiger partial charge in [-0.3, -0.25) is 0 Å². The number of hydrogen-bond acceptors (Lipinski definition) is 4. The molecular weight excluding hydrogens is 280 g/mol. The summed E-state index contributed by atoms with van der Waals surface area (Å²) in [6.45, 7) is 2.59. The highest BCUT2D eigenvalue weighted by Gasteiger charge is 2.24. The standard InChI is InChI=1S/C13H16N2O4S/c1-8-7-20-6-5-15(8)13(19)14-10-4-2-3-9(11(10)16)12(17)18/h2-4,8,16H,5-7H2,1H3,(H,14,19)(H,17,18). The Morgan fingerprint density at radius 1 is 1.45 bits per heavy atom. The number of carboxylic acids is 1. The molecular formula is C13H16N2O4S. The highest BCUT2D eigenvalue weighted by molar-refractivity contribution is 7.99. The highest BCUT2D eigenvalue weighted by Crippen LogP contribution is 2.28. The number of nitrogens with zero attached hydrogens (tertiary/aromatic N) is 1. The van der Waals surface area contributed by atoms with Crippen LogP contribution in [0.5, 0.6) is 5.75 Å². The van der Waals surface area contributed by atoms with E-state index < -0.39 is 11.7 Å². The second-order valence-corrected chi connectivity index (χ2v) is 5.70. The topological polar surface area (TPSA) is 89.9 Å². The summed E-state index contributed by atoms with van der Waals surface area (Å²) in [4.78, 5) is 24.8. The van der Waals surface area contributed by atoms with Gasteiger partial charge in [-0.1, -0.05) is 6.07 Å². The van der Waals surface area contributed by atoms with Crippen LogP contribution in [0.15, 0.2) is 18.2 Å². The first-order valence-corrected chi connectivity index (χ1v) is 7.37. The molecule has 0 saturated carbocycles. The highest BCUT2D eigenvalue weighted by atomic mass is 32.2. The molecule has 2 rings (SSSR count). The van der Waals surface area contributed by atoms with Crippen molar-refractivity contribution < 1.29 is 19.8 Å². The van der Waals surface area contributed by atoms with Crippen LogP contribution in [-0.2, 0) is 0 Å². The number of phenols is 1. The van der Waals surface area contributed by atoms with Crippen LogP contribution >= 0.6 is 11.8 Å². The van der Waals surface area contributed by atoms with Crippen molar-refractivity contribution in [1.82, 2.24) is 4.90 Å². The van der Waals surface area contributed by atoms with E-state index in [4.69, 9.17) is 5.11 Å². The number of benzene rings is 1. The second-order valence-electron chi connectivity index (χ2n) is 4.55. The van der Waals surface area contributed by atoms with Crippen LogP contribution in [0.25, 0.3) is 0 Å². The number of urea groups is 1. The van der Waals surface area contributed by atoms with Gasteiger partial charge in [0.2, 0.25) is 0 Å². The van der Waals surface area contributed by atoms with Gasteiger partial charge in [0.25, 0.3) is 0 Å². The molecule has 2 amide bonds. The Balaban J connectivity index is 2.15. The lowest BCUT2D eigenvalue weighted by molar-refractivity contribution is 0.0693. The minimum Gasteiger partial charge on any atom is -0.505 e. The third kappa shape index (κ3) is 2.98. The summed E-state index contributed by atoms with van der Waals surface area (Å²) >= 11 is 1.79. The lowest BCUT2D eigenvalue weighted by Gasteiger charge is -2.33. The summed E-state index contributed by atoms with van der Waals surface area (Å²) in [7, 11) is 0. The molecule has 1 heterocycles. The number of thioether (sulfide) groups is 1. The Labute approximate surface area is 120 Å². The minimum absolute atomic E-state index is 0.110. The van der Waals surface area contributed by atoms with E-state index in [1.165, 1.54) is 18.2 Å². The summed E-state index contributed by atoms with van der Waals surface area (Å²) in [6, 6.07) is 4.03. The molecule has 6 nitrogen and oxygen atoms in total. The third-order valence-electron chi connectivity index (χ3n) is 3.14. The van der Waals surface area contributed by atoms with Crippen molar-refractivity contribution >= 4 is 29.4 Å². The second kappa shape index (κ2) is 6.04. The zero-order chi connectivity index (χ0) is 14.7. The summed E-state index contributed by atoms with van der Waals surface area (Å²) < 4.78 is 0. The number of anilines is 1. The Hall–Kier alpha value is -1.89. The Kier molecular flexibility index (Phi) is 4.39. The maximum Gasteiger partial charge on any atom is 0.339 e. The molecule has 1 atom stereocenters. The van der Waals surface area contributed by atoms with Crippen molar-refractivity contribution in [3.8, 4) is 5.75 Å². The smallest absolute Gasteiger partial charge is 0.339 e. The van der Waals surface area contributed by atoms with E-state index in [2.05, 4.69) is 5.32 Å². The molecule has 0 bridgehead atoms. The number of carbonyl (C=O) groups excluding carboxylic acids is 1. The number of para-hydroxylation sites is 1. The average Bonchev–Trinajstić information content (AvgIpc) is 2.41.